The molecule has 2 aromatic rings. The highest BCUT2D eigenvalue weighted by Gasteiger charge is 2.32. The van der Waals surface area contributed by atoms with Crippen molar-refractivity contribution in [2.24, 2.45) is 0 Å². The Hall–Kier alpha value is -3.22. The summed E-state index contributed by atoms with van der Waals surface area (Å²) in [5, 5.41) is 0. The molecule has 2 aromatic carbocycles. The average Bonchev–Trinajstić information content (AvgIpc) is 3.29. The molecule has 0 aromatic heterocycles. The highest BCUT2D eigenvalue weighted by Crippen LogP contribution is 2.36. The van der Waals surface area contributed by atoms with Gasteiger partial charge in [0.25, 0.3) is 0 Å². The second-order valence-corrected chi connectivity index (χ2v) is 6.63. The van der Waals surface area contributed by atoms with E-state index in [1.807, 2.05) is 36.4 Å². The Morgan fingerprint density at radius 1 is 1.07 bits per heavy atom. The number of hydrogen-bond acceptors (Lipinski definition) is 4. The van der Waals surface area contributed by atoms with Gasteiger partial charge in [0.2, 0.25) is 12.7 Å². The van der Waals surface area contributed by atoms with Gasteiger partial charge in [0.15, 0.2) is 11.5 Å². The Morgan fingerprint density at radius 3 is 2.67 bits per heavy atom. The van der Waals surface area contributed by atoms with Gasteiger partial charge < -0.3 is 19.3 Å². The van der Waals surface area contributed by atoms with Crippen molar-refractivity contribution >= 4 is 17.6 Å². The lowest BCUT2D eigenvalue weighted by Crippen LogP contribution is -2.40. The van der Waals surface area contributed by atoms with E-state index < -0.39 is 0 Å². The molecule has 1 fully saturated rings. The first kappa shape index (κ1) is 17.2. The van der Waals surface area contributed by atoms with Crippen molar-refractivity contribution in [1.82, 2.24) is 9.80 Å². The van der Waals surface area contributed by atoms with Gasteiger partial charge in [-0.3, -0.25) is 9.69 Å². The minimum Gasteiger partial charge on any atom is -0.454 e. The van der Waals surface area contributed by atoms with Crippen molar-refractivity contribution in [3.8, 4) is 11.5 Å². The predicted molar refractivity (Wildman–Crippen MR) is 99.8 cm³/mol. The number of ether oxygens (including phenoxy) is 2. The van der Waals surface area contributed by atoms with E-state index in [0.717, 1.165) is 11.3 Å². The van der Waals surface area contributed by atoms with Crippen LogP contribution < -0.4 is 14.4 Å². The minimum absolute atomic E-state index is 0.0726. The summed E-state index contributed by atoms with van der Waals surface area (Å²) < 4.78 is 10.7. The van der Waals surface area contributed by atoms with Gasteiger partial charge in [0.1, 0.15) is 6.54 Å². The van der Waals surface area contributed by atoms with Crippen LogP contribution in [0.5, 0.6) is 11.5 Å². The largest absolute Gasteiger partial charge is 0.454 e. The average molecular weight is 367 g/mol. The molecule has 0 bridgehead atoms. The number of amides is 3. The minimum atomic E-state index is -0.171. The van der Waals surface area contributed by atoms with Crippen LogP contribution in [0.1, 0.15) is 5.56 Å². The topological polar surface area (TPSA) is 62.3 Å². The van der Waals surface area contributed by atoms with E-state index in [2.05, 4.69) is 0 Å². The van der Waals surface area contributed by atoms with Gasteiger partial charge in [-0.25, -0.2) is 4.79 Å². The molecule has 7 nitrogen and oxygen atoms in total. The monoisotopic (exact) mass is 367 g/mol. The van der Waals surface area contributed by atoms with E-state index in [-0.39, 0.29) is 25.3 Å². The van der Waals surface area contributed by atoms with E-state index in [0.29, 0.717) is 31.1 Å². The highest BCUT2D eigenvalue weighted by molar-refractivity contribution is 5.96. The van der Waals surface area contributed by atoms with E-state index in [4.69, 9.17) is 9.47 Å². The molecule has 0 N–H and O–H groups in total. The third-order valence-electron chi connectivity index (χ3n) is 4.78. The quantitative estimate of drug-likeness (QED) is 0.814. The Morgan fingerprint density at radius 2 is 1.85 bits per heavy atom. The normalized spacial score (nSPS) is 15.4. The van der Waals surface area contributed by atoms with Crippen LogP contribution in [0.25, 0.3) is 0 Å². The number of benzene rings is 2. The Kier molecular flexibility index (Phi) is 4.58. The van der Waals surface area contributed by atoms with Crippen LogP contribution in [-0.4, -0.2) is 55.2 Å². The highest BCUT2D eigenvalue weighted by atomic mass is 16.7. The number of nitrogens with zero attached hydrogens (tertiary/aromatic N) is 3. The summed E-state index contributed by atoms with van der Waals surface area (Å²) in [6, 6.07) is 15.0. The molecule has 4 rings (SSSR count). The van der Waals surface area contributed by atoms with Gasteiger partial charge in [0.05, 0.1) is 0 Å². The Balaban J connectivity index is 1.38. The summed E-state index contributed by atoms with van der Waals surface area (Å²) >= 11 is 0. The molecular weight excluding hydrogens is 346 g/mol. The maximum Gasteiger partial charge on any atom is 0.325 e. The first-order chi connectivity index (χ1) is 13.1. The molecule has 0 spiro atoms. The Bertz CT molecular complexity index is 856. The molecule has 0 unspecified atom stereocenters. The number of carbonyl (C=O) groups is 2. The number of likely N-dealkylation sites (N-methyl/N-ethyl adjacent to an activating group) is 1. The predicted octanol–water partition coefficient (Wildman–Crippen LogP) is 2.32. The fourth-order valence-corrected chi connectivity index (χ4v) is 3.25. The lowest BCUT2D eigenvalue weighted by molar-refractivity contribution is -0.130. The summed E-state index contributed by atoms with van der Waals surface area (Å²) in [7, 11) is 1.76. The summed E-state index contributed by atoms with van der Waals surface area (Å²) in [6.45, 7) is 1.84. The fourth-order valence-electron chi connectivity index (χ4n) is 3.25. The smallest absolute Gasteiger partial charge is 0.325 e. The molecule has 2 heterocycles. The fraction of sp³-hybridized carbons (Fsp3) is 0.300. The molecule has 3 amide bonds. The van der Waals surface area contributed by atoms with Gasteiger partial charge >= 0.3 is 6.03 Å². The summed E-state index contributed by atoms with van der Waals surface area (Å²) in [5.74, 6) is 1.23. The van der Waals surface area contributed by atoms with Crippen molar-refractivity contribution in [1.29, 1.82) is 0 Å². The van der Waals surface area contributed by atoms with Crippen LogP contribution >= 0.6 is 0 Å². The third kappa shape index (κ3) is 3.53. The van der Waals surface area contributed by atoms with E-state index in [1.165, 1.54) is 0 Å². The third-order valence-corrected chi connectivity index (χ3v) is 4.78. The van der Waals surface area contributed by atoms with Gasteiger partial charge in [0, 0.05) is 38.4 Å². The van der Waals surface area contributed by atoms with Crippen LogP contribution in [0.4, 0.5) is 10.5 Å². The zero-order chi connectivity index (χ0) is 18.8. The lowest BCUT2D eigenvalue weighted by Gasteiger charge is -2.22. The number of carbonyl (C=O) groups excluding carboxylic acids is 2. The van der Waals surface area contributed by atoms with Gasteiger partial charge in [-0.15, -0.1) is 0 Å². The molecule has 2 aliphatic rings. The zero-order valence-electron chi connectivity index (χ0n) is 15.1. The number of fused-ring (bicyclic) bond motifs is 1. The first-order valence-corrected chi connectivity index (χ1v) is 8.86. The van der Waals surface area contributed by atoms with Crippen LogP contribution in [0, 0.1) is 0 Å². The molecule has 0 atom stereocenters. The number of hydrogen-bond donors (Lipinski definition) is 0. The van der Waals surface area contributed by atoms with Crippen molar-refractivity contribution in [2.75, 3.05) is 38.4 Å². The Labute approximate surface area is 157 Å². The summed E-state index contributed by atoms with van der Waals surface area (Å²) in [5.41, 5.74) is 1.81. The SMILES string of the molecule is CN(Cc1ccccc1)C(=O)CN1CCN(c2ccc3c(c2)OCO3)C1=O. The molecule has 0 aliphatic carbocycles. The molecular formula is C20H21N3O4. The number of urea groups is 1. The van der Waals surface area contributed by atoms with Crippen molar-refractivity contribution < 1.29 is 19.1 Å². The maximum atomic E-state index is 12.7. The zero-order valence-corrected chi connectivity index (χ0v) is 15.1. The van der Waals surface area contributed by atoms with Crippen LogP contribution in [0.3, 0.4) is 0 Å². The van der Waals surface area contributed by atoms with Gasteiger partial charge in [-0.05, 0) is 17.7 Å². The van der Waals surface area contributed by atoms with E-state index in [9.17, 15) is 9.59 Å². The molecule has 1 saturated heterocycles. The molecule has 0 saturated carbocycles. The van der Waals surface area contributed by atoms with Crippen molar-refractivity contribution in [3.05, 3.63) is 54.1 Å². The van der Waals surface area contributed by atoms with Crippen LogP contribution in [0.2, 0.25) is 0 Å². The molecule has 27 heavy (non-hydrogen) atoms. The second kappa shape index (κ2) is 7.19. The molecule has 7 heteroatoms. The van der Waals surface area contributed by atoms with Crippen molar-refractivity contribution in [3.63, 3.8) is 0 Å². The summed E-state index contributed by atoms with van der Waals surface area (Å²) in [6.07, 6.45) is 0. The van der Waals surface area contributed by atoms with Crippen LogP contribution in [-0.2, 0) is 11.3 Å². The van der Waals surface area contributed by atoms with E-state index >= 15 is 0 Å². The number of rotatable bonds is 5. The van der Waals surface area contributed by atoms with Crippen molar-refractivity contribution in [2.45, 2.75) is 6.54 Å². The van der Waals surface area contributed by atoms with E-state index in [1.54, 1.807) is 33.9 Å². The first-order valence-electron chi connectivity index (χ1n) is 8.86. The second-order valence-electron chi connectivity index (χ2n) is 6.63. The summed E-state index contributed by atoms with van der Waals surface area (Å²) in [4.78, 5) is 30.1. The maximum absolute atomic E-state index is 12.7. The standard InChI is InChI=1S/C20H21N3O4/c1-21(12-15-5-3-2-4-6-15)19(24)13-22-9-10-23(20(22)25)16-7-8-17-18(11-16)27-14-26-17/h2-8,11H,9-10,12-14H2,1H3. The van der Waals surface area contributed by atoms with Crippen LogP contribution in [0.15, 0.2) is 48.5 Å². The molecule has 0 radical (unpaired) electrons. The molecule has 2 aliphatic heterocycles. The number of anilines is 1. The van der Waals surface area contributed by atoms with Gasteiger partial charge in [-0.2, -0.15) is 0 Å². The lowest BCUT2D eigenvalue weighted by atomic mass is 10.2. The molecule has 140 valence electrons. The van der Waals surface area contributed by atoms with Gasteiger partial charge in [-0.1, -0.05) is 30.3 Å².